The van der Waals surface area contributed by atoms with Crippen LogP contribution in [0.15, 0.2) is 17.0 Å². The fourth-order valence-corrected chi connectivity index (χ4v) is 3.11. The van der Waals surface area contributed by atoms with Crippen molar-refractivity contribution < 1.29 is 9.59 Å². The first-order valence-electron chi connectivity index (χ1n) is 6.59. The highest BCUT2D eigenvalue weighted by Gasteiger charge is 2.20. The van der Waals surface area contributed by atoms with Crippen molar-refractivity contribution >= 4 is 41.2 Å². The summed E-state index contributed by atoms with van der Waals surface area (Å²) in [7, 11) is 0. The van der Waals surface area contributed by atoms with Crippen LogP contribution in [0.5, 0.6) is 0 Å². The summed E-state index contributed by atoms with van der Waals surface area (Å²) in [6.45, 7) is 6.10. The molecular formula is C15H20ClNO2S. The maximum atomic E-state index is 12.0. The molecule has 0 spiro atoms. The van der Waals surface area contributed by atoms with Gasteiger partial charge in [0.25, 0.3) is 0 Å². The normalized spacial score (nSPS) is 10.4. The first kappa shape index (κ1) is 17.1. The summed E-state index contributed by atoms with van der Waals surface area (Å²) >= 11 is 7.41. The van der Waals surface area contributed by atoms with Crippen LogP contribution in [0.2, 0.25) is 0 Å². The van der Waals surface area contributed by atoms with Gasteiger partial charge in [0.1, 0.15) is 12.2 Å². The smallest absolute Gasteiger partial charge is 0.242 e. The van der Waals surface area contributed by atoms with Gasteiger partial charge in [-0.3, -0.25) is 4.79 Å². The third-order valence-corrected chi connectivity index (χ3v) is 4.58. The molecule has 1 aromatic rings. The lowest BCUT2D eigenvalue weighted by atomic mass is 10.1. The van der Waals surface area contributed by atoms with Gasteiger partial charge in [-0.25, -0.2) is 0 Å². The van der Waals surface area contributed by atoms with Gasteiger partial charge in [0, 0.05) is 4.90 Å². The van der Waals surface area contributed by atoms with Crippen molar-refractivity contribution in [3.05, 3.63) is 23.3 Å². The number of thioether (sulfide) groups is 1. The number of anilines is 1. The predicted molar refractivity (Wildman–Crippen MR) is 86.1 cm³/mol. The lowest BCUT2D eigenvalue weighted by Crippen LogP contribution is -2.34. The van der Waals surface area contributed by atoms with E-state index in [2.05, 4.69) is 13.0 Å². The lowest BCUT2D eigenvalue weighted by Gasteiger charge is -2.25. The summed E-state index contributed by atoms with van der Waals surface area (Å²) in [6.07, 6.45) is 1.82. The zero-order valence-electron chi connectivity index (χ0n) is 12.1. The molecule has 0 heterocycles. The molecule has 0 radical (unpaired) electrons. The standard InChI is InChI=1S/C15H20ClNO2S/c1-4-9-20-13-6-5-11(2)15(12(13)3)17(7-8-18)14(19)10-16/h5-6,8H,4,7,9-10H2,1-3H3. The van der Waals surface area contributed by atoms with E-state index in [1.54, 1.807) is 11.8 Å². The Labute approximate surface area is 129 Å². The van der Waals surface area contributed by atoms with Crippen molar-refractivity contribution in [3.8, 4) is 0 Å². The molecule has 0 atom stereocenters. The third kappa shape index (κ3) is 4.00. The van der Waals surface area contributed by atoms with E-state index in [0.29, 0.717) is 0 Å². The average molecular weight is 314 g/mol. The number of aryl methyl sites for hydroxylation is 1. The third-order valence-electron chi connectivity index (χ3n) is 2.99. The Kier molecular flexibility index (Phi) is 7.10. The number of halogens is 1. The second-order valence-corrected chi connectivity index (χ2v) is 5.91. The van der Waals surface area contributed by atoms with Gasteiger partial charge in [0.15, 0.2) is 0 Å². The molecule has 1 aromatic carbocycles. The Morgan fingerprint density at radius 2 is 2.10 bits per heavy atom. The van der Waals surface area contributed by atoms with Crippen LogP contribution in [0.25, 0.3) is 0 Å². The minimum atomic E-state index is -0.248. The SMILES string of the molecule is CCCSc1ccc(C)c(N(CC=O)C(=O)CCl)c1C. The minimum absolute atomic E-state index is 0.0368. The van der Waals surface area contributed by atoms with Crippen LogP contribution in [0.3, 0.4) is 0 Å². The first-order chi connectivity index (χ1) is 9.56. The van der Waals surface area contributed by atoms with E-state index >= 15 is 0 Å². The summed E-state index contributed by atoms with van der Waals surface area (Å²) in [5, 5.41) is 0. The zero-order valence-corrected chi connectivity index (χ0v) is 13.7. The first-order valence-corrected chi connectivity index (χ1v) is 8.11. The van der Waals surface area contributed by atoms with E-state index in [9.17, 15) is 9.59 Å². The fraction of sp³-hybridized carbons (Fsp3) is 0.467. The molecule has 0 saturated heterocycles. The molecule has 0 unspecified atom stereocenters. The monoisotopic (exact) mass is 313 g/mol. The number of benzene rings is 1. The Bertz CT molecular complexity index is 491. The molecule has 1 rings (SSSR count). The van der Waals surface area contributed by atoms with Gasteiger partial charge < -0.3 is 9.69 Å². The Balaban J connectivity index is 3.25. The van der Waals surface area contributed by atoms with E-state index in [-0.39, 0.29) is 18.3 Å². The molecule has 0 aliphatic carbocycles. The van der Waals surface area contributed by atoms with Gasteiger partial charge in [-0.1, -0.05) is 13.0 Å². The van der Waals surface area contributed by atoms with Gasteiger partial charge in [-0.2, -0.15) is 0 Å². The number of hydrogen-bond acceptors (Lipinski definition) is 3. The van der Waals surface area contributed by atoms with Gasteiger partial charge in [-0.05, 0) is 43.2 Å². The summed E-state index contributed by atoms with van der Waals surface area (Å²) < 4.78 is 0. The quantitative estimate of drug-likeness (QED) is 0.439. The average Bonchev–Trinajstić information content (AvgIpc) is 2.44. The zero-order chi connectivity index (χ0) is 15.1. The number of aldehydes is 1. The van der Waals surface area contributed by atoms with Crippen LogP contribution in [-0.4, -0.2) is 30.4 Å². The van der Waals surface area contributed by atoms with E-state index in [1.165, 1.54) is 4.90 Å². The Morgan fingerprint density at radius 1 is 1.40 bits per heavy atom. The maximum Gasteiger partial charge on any atom is 0.242 e. The van der Waals surface area contributed by atoms with E-state index in [1.807, 2.05) is 19.9 Å². The van der Waals surface area contributed by atoms with Crippen LogP contribution in [-0.2, 0) is 9.59 Å². The minimum Gasteiger partial charge on any atom is -0.304 e. The molecule has 5 heteroatoms. The summed E-state index contributed by atoms with van der Waals surface area (Å²) in [5.74, 6) is 0.655. The molecule has 20 heavy (non-hydrogen) atoms. The summed E-state index contributed by atoms with van der Waals surface area (Å²) in [5.41, 5.74) is 2.82. The predicted octanol–water partition coefficient (Wildman–Crippen LogP) is 3.58. The second-order valence-electron chi connectivity index (χ2n) is 4.51. The molecule has 0 fully saturated rings. The van der Waals surface area contributed by atoms with Crippen molar-refractivity contribution in [1.29, 1.82) is 0 Å². The van der Waals surface area contributed by atoms with Crippen molar-refractivity contribution in [1.82, 2.24) is 0 Å². The Morgan fingerprint density at radius 3 is 2.65 bits per heavy atom. The number of carbonyl (C=O) groups excluding carboxylic acids is 2. The molecule has 0 bridgehead atoms. The van der Waals surface area contributed by atoms with Crippen molar-refractivity contribution in [2.24, 2.45) is 0 Å². The largest absolute Gasteiger partial charge is 0.304 e. The molecule has 1 amide bonds. The number of rotatable bonds is 7. The van der Waals surface area contributed by atoms with Crippen LogP contribution >= 0.6 is 23.4 Å². The summed E-state index contributed by atoms with van der Waals surface area (Å²) in [6, 6.07) is 4.05. The van der Waals surface area contributed by atoms with E-state index < -0.39 is 0 Å². The van der Waals surface area contributed by atoms with Crippen molar-refractivity contribution in [3.63, 3.8) is 0 Å². The molecule has 3 nitrogen and oxygen atoms in total. The lowest BCUT2D eigenvalue weighted by molar-refractivity contribution is -0.117. The van der Waals surface area contributed by atoms with Gasteiger partial charge in [0.05, 0.1) is 12.2 Å². The molecular weight excluding hydrogens is 294 g/mol. The fourth-order valence-electron chi connectivity index (χ4n) is 2.07. The molecule has 0 aliphatic heterocycles. The Hall–Kier alpha value is -1.00. The van der Waals surface area contributed by atoms with Gasteiger partial charge >= 0.3 is 0 Å². The van der Waals surface area contributed by atoms with Crippen molar-refractivity contribution in [2.45, 2.75) is 32.1 Å². The molecule has 0 aromatic heterocycles. The van der Waals surface area contributed by atoms with Crippen LogP contribution in [0.4, 0.5) is 5.69 Å². The maximum absolute atomic E-state index is 12.0. The number of nitrogens with zero attached hydrogens (tertiary/aromatic N) is 1. The van der Waals surface area contributed by atoms with E-state index in [4.69, 9.17) is 11.6 Å². The highest BCUT2D eigenvalue weighted by molar-refractivity contribution is 7.99. The molecule has 0 aliphatic rings. The topological polar surface area (TPSA) is 37.4 Å². The highest BCUT2D eigenvalue weighted by atomic mass is 35.5. The van der Waals surface area contributed by atoms with Crippen LogP contribution in [0.1, 0.15) is 24.5 Å². The second kappa shape index (κ2) is 8.32. The van der Waals surface area contributed by atoms with E-state index in [0.717, 1.165) is 40.2 Å². The van der Waals surface area contributed by atoms with Crippen molar-refractivity contribution in [2.75, 3.05) is 23.1 Å². The molecule has 0 N–H and O–H groups in total. The number of carbonyl (C=O) groups is 2. The summed E-state index contributed by atoms with van der Waals surface area (Å²) in [4.78, 5) is 25.4. The number of hydrogen-bond donors (Lipinski definition) is 0. The van der Waals surface area contributed by atoms with Crippen LogP contribution < -0.4 is 4.90 Å². The highest BCUT2D eigenvalue weighted by Crippen LogP contribution is 2.33. The van der Waals surface area contributed by atoms with Gasteiger partial charge in [0.2, 0.25) is 5.91 Å². The van der Waals surface area contributed by atoms with Gasteiger partial charge in [-0.15, -0.1) is 23.4 Å². The number of amides is 1. The van der Waals surface area contributed by atoms with Crippen LogP contribution in [0, 0.1) is 13.8 Å². The molecule has 110 valence electrons. The molecule has 0 saturated carbocycles. The number of alkyl halides is 1.